The molecule has 0 spiro atoms. The quantitative estimate of drug-likeness (QED) is 0.347. The van der Waals surface area contributed by atoms with Gasteiger partial charge in [0, 0.05) is 17.0 Å². The molecule has 1 saturated heterocycles. The van der Waals surface area contributed by atoms with Crippen molar-refractivity contribution in [1.29, 1.82) is 0 Å². The molecule has 1 amide bonds. The van der Waals surface area contributed by atoms with Crippen LogP contribution in [0.4, 0.5) is 5.13 Å². The lowest BCUT2D eigenvalue weighted by Gasteiger charge is -2.22. The van der Waals surface area contributed by atoms with Crippen molar-refractivity contribution < 1.29 is 19.4 Å². The largest absolute Gasteiger partial charge is 0.507 e. The van der Waals surface area contributed by atoms with Crippen molar-refractivity contribution in [3.05, 3.63) is 74.8 Å². The molecule has 0 radical (unpaired) electrons. The Balaban J connectivity index is 1.69. The van der Waals surface area contributed by atoms with Crippen molar-refractivity contribution in [1.82, 2.24) is 10.2 Å². The van der Waals surface area contributed by atoms with Crippen molar-refractivity contribution in [2.24, 2.45) is 0 Å². The Bertz CT molecular complexity index is 1300. The topological polar surface area (TPSA) is 92.6 Å². The molecule has 0 unspecified atom stereocenters. The molecule has 2 aliphatic heterocycles. The average Bonchev–Trinajstić information content (AvgIpc) is 3.42. The first kappa shape index (κ1) is 20.7. The Morgan fingerprint density at radius 2 is 2.03 bits per heavy atom. The number of anilines is 1. The summed E-state index contributed by atoms with van der Waals surface area (Å²) >= 11 is 7.41. The first-order valence-electron chi connectivity index (χ1n) is 10.00. The Labute approximate surface area is 192 Å². The number of halogens is 1. The fourth-order valence-corrected chi connectivity index (χ4v) is 5.04. The fraction of sp³-hybridized carbons (Fsp3) is 0.217. The van der Waals surface area contributed by atoms with Gasteiger partial charge in [0.05, 0.1) is 11.6 Å². The molecular weight excluding hydrogens is 450 g/mol. The molecule has 162 valence electrons. The summed E-state index contributed by atoms with van der Waals surface area (Å²) in [6, 6.07) is 11.2. The summed E-state index contributed by atoms with van der Waals surface area (Å²) in [6.45, 7) is 3.73. The molecular formula is C23H18ClN3O4S. The van der Waals surface area contributed by atoms with Crippen molar-refractivity contribution in [3.8, 4) is 5.75 Å². The molecule has 3 heterocycles. The number of hydrogen-bond acceptors (Lipinski definition) is 7. The van der Waals surface area contributed by atoms with E-state index in [2.05, 4.69) is 10.2 Å². The highest BCUT2D eigenvalue weighted by Crippen LogP contribution is 2.44. The molecule has 1 aromatic heterocycles. The van der Waals surface area contributed by atoms with Gasteiger partial charge in [-0.1, -0.05) is 35.1 Å². The zero-order chi connectivity index (χ0) is 22.6. The number of fused-ring (bicyclic) bond motifs is 1. The van der Waals surface area contributed by atoms with Crippen LogP contribution >= 0.6 is 22.9 Å². The highest BCUT2D eigenvalue weighted by atomic mass is 35.5. The molecule has 9 heteroatoms. The number of benzene rings is 2. The lowest BCUT2D eigenvalue weighted by molar-refractivity contribution is -0.132. The highest BCUT2D eigenvalue weighted by molar-refractivity contribution is 7.15. The van der Waals surface area contributed by atoms with E-state index in [-0.39, 0.29) is 22.6 Å². The summed E-state index contributed by atoms with van der Waals surface area (Å²) in [5.41, 5.74) is 1.95. The van der Waals surface area contributed by atoms with Gasteiger partial charge in [-0.05, 0) is 55.3 Å². The molecule has 2 atom stereocenters. The van der Waals surface area contributed by atoms with E-state index < -0.39 is 17.7 Å². The number of amides is 1. The van der Waals surface area contributed by atoms with E-state index >= 15 is 0 Å². The minimum absolute atomic E-state index is 0.0166. The van der Waals surface area contributed by atoms with Gasteiger partial charge in [0.2, 0.25) is 5.13 Å². The lowest BCUT2D eigenvalue weighted by atomic mass is 9.94. The van der Waals surface area contributed by atoms with Crippen LogP contribution in [0.5, 0.6) is 5.75 Å². The predicted octanol–water partition coefficient (Wildman–Crippen LogP) is 4.45. The van der Waals surface area contributed by atoms with Crippen LogP contribution in [0.3, 0.4) is 0 Å². The van der Waals surface area contributed by atoms with Crippen LogP contribution in [-0.4, -0.2) is 33.1 Å². The van der Waals surface area contributed by atoms with E-state index in [1.54, 1.807) is 49.4 Å². The smallest absolute Gasteiger partial charge is 0.301 e. The summed E-state index contributed by atoms with van der Waals surface area (Å²) in [5, 5.41) is 20.7. The number of aliphatic hydroxyl groups is 1. The number of rotatable bonds is 3. The second-order valence-electron chi connectivity index (χ2n) is 7.78. The summed E-state index contributed by atoms with van der Waals surface area (Å²) in [5.74, 6) is -1.05. The molecule has 1 fully saturated rings. The summed E-state index contributed by atoms with van der Waals surface area (Å²) in [4.78, 5) is 27.5. The van der Waals surface area contributed by atoms with Crippen LogP contribution in [0.25, 0.3) is 5.76 Å². The van der Waals surface area contributed by atoms with E-state index in [9.17, 15) is 14.7 Å². The van der Waals surface area contributed by atoms with Gasteiger partial charge < -0.3 is 9.84 Å². The molecule has 0 aliphatic carbocycles. The Hall–Kier alpha value is -3.23. The summed E-state index contributed by atoms with van der Waals surface area (Å²) in [6.07, 6.45) is 0.743. The number of carbonyl (C=O) groups excluding carboxylic acids is 2. The maximum Gasteiger partial charge on any atom is 0.301 e. The van der Waals surface area contributed by atoms with Crippen LogP contribution in [0, 0.1) is 6.92 Å². The number of aryl methyl sites for hydroxylation is 1. The number of carbonyl (C=O) groups is 2. The summed E-state index contributed by atoms with van der Waals surface area (Å²) in [7, 11) is 0. The number of hydrogen-bond donors (Lipinski definition) is 1. The van der Waals surface area contributed by atoms with Gasteiger partial charge in [-0.25, -0.2) is 0 Å². The molecule has 0 saturated carbocycles. The van der Waals surface area contributed by atoms with Crippen LogP contribution in [0.2, 0.25) is 5.02 Å². The number of ketones is 1. The van der Waals surface area contributed by atoms with E-state index in [1.807, 2.05) is 6.92 Å². The zero-order valence-corrected chi connectivity index (χ0v) is 18.8. The van der Waals surface area contributed by atoms with Gasteiger partial charge in [-0.3, -0.25) is 14.5 Å². The maximum absolute atomic E-state index is 13.2. The third-order valence-corrected chi connectivity index (χ3v) is 6.57. The van der Waals surface area contributed by atoms with Crippen LogP contribution in [0.15, 0.2) is 48.0 Å². The number of aromatic nitrogens is 2. The van der Waals surface area contributed by atoms with Crippen molar-refractivity contribution in [2.45, 2.75) is 32.4 Å². The molecule has 7 nitrogen and oxygen atoms in total. The average molecular weight is 468 g/mol. The Kier molecular flexibility index (Phi) is 4.98. The SMILES string of the molecule is Cc1nnc(N2C(=O)C(=O)C(=C(O)c3ccc4c(c3)C[C@@H](C)O4)[C@@H]2c2cccc(Cl)c2)s1. The maximum atomic E-state index is 13.2. The van der Waals surface area contributed by atoms with Crippen LogP contribution < -0.4 is 9.64 Å². The molecule has 2 aliphatic rings. The number of aliphatic hydroxyl groups excluding tert-OH is 1. The van der Waals surface area contributed by atoms with Gasteiger partial charge in [0.1, 0.15) is 22.6 Å². The number of nitrogens with zero attached hydrogens (tertiary/aromatic N) is 3. The molecule has 1 N–H and O–H groups in total. The Morgan fingerprint density at radius 3 is 2.75 bits per heavy atom. The van der Waals surface area contributed by atoms with Gasteiger partial charge in [-0.2, -0.15) is 0 Å². The standard InChI is InChI=1S/C23H18ClN3O4S/c1-11-8-15-9-14(6-7-17(15)31-11)20(28)18-19(13-4-3-5-16(24)10-13)27(22(30)21(18)29)23-26-25-12(2)32-23/h3-7,9-11,19,28H,8H2,1-2H3/t11-,19+/m1/s1. The van der Waals surface area contributed by atoms with E-state index in [0.29, 0.717) is 27.6 Å². The van der Waals surface area contributed by atoms with Gasteiger partial charge >= 0.3 is 5.91 Å². The van der Waals surface area contributed by atoms with E-state index in [0.717, 1.165) is 11.3 Å². The third kappa shape index (κ3) is 3.36. The monoisotopic (exact) mass is 467 g/mol. The first-order chi connectivity index (χ1) is 15.3. The van der Waals surface area contributed by atoms with Crippen LogP contribution in [-0.2, 0) is 16.0 Å². The second-order valence-corrected chi connectivity index (χ2v) is 9.38. The van der Waals surface area contributed by atoms with Crippen LogP contribution in [0.1, 0.15) is 34.7 Å². The molecule has 5 rings (SSSR count). The zero-order valence-electron chi connectivity index (χ0n) is 17.2. The summed E-state index contributed by atoms with van der Waals surface area (Å²) < 4.78 is 5.73. The fourth-order valence-electron chi connectivity index (χ4n) is 4.13. The second kappa shape index (κ2) is 7.72. The van der Waals surface area contributed by atoms with Gasteiger partial charge in [-0.15, -0.1) is 10.2 Å². The molecule has 3 aromatic rings. The van der Waals surface area contributed by atoms with E-state index in [4.69, 9.17) is 16.3 Å². The predicted molar refractivity (Wildman–Crippen MR) is 121 cm³/mol. The first-order valence-corrected chi connectivity index (χ1v) is 11.2. The number of Topliss-reactive ketones (excluding diaryl/α,β-unsaturated/α-hetero) is 1. The minimum atomic E-state index is -0.885. The van der Waals surface area contributed by atoms with E-state index in [1.165, 1.54) is 16.2 Å². The van der Waals surface area contributed by atoms with Gasteiger partial charge in [0.15, 0.2) is 0 Å². The number of ether oxygens (including phenoxy) is 1. The minimum Gasteiger partial charge on any atom is -0.507 e. The van der Waals surface area contributed by atoms with Gasteiger partial charge in [0.25, 0.3) is 5.78 Å². The molecule has 2 aromatic carbocycles. The molecule has 32 heavy (non-hydrogen) atoms. The normalized spacial score (nSPS) is 21.7. The van der Waals surface area contributed by atoms with Crippen molar-refractivity contribution in [2.75, 3.05) is 4.90 Å². The van der Waals surface area contributed by atoms with Crippen molar-refractivity contribution in [3.63, 3.8) is 0 Å². The Morgan fingerprint density at radius 1 is 1.22 bits per heavy atom. The highest BCUT2D eigenvalue weighted by Gasteiger charge is 2.48. The molecule has 0 bridgehead atoms. The van der Waals surface area contributed by atoms with Crippen molar-refractivity contribution >= 4 is 45.5 Å². The lowest BCUT2D eigenvalue weighted by Crippen LogP contribution is -2.29. The third-order valence-electron chi connectivity index (χ3n) is 5.50.